The fraction of sp³-hybridized carbons (Fsp3) is 0.500. The Morgan fingerprint density at radius 1 is 0.927 bits per heavy atom. The Balaban J connectivity index is 1.21. The largest absolute Gasteiger partial charge is 0.418 e. The van der Waals surface area contributed by atoms with Crippen LogP contribution in [-0.4, -0.2) is 66.2 Å². The van der Waals surface area contributed by atoms with Crippen LogP contribution >= 0.6 is 11.6 Å². The number of amides is 1. The Labute approximate surface area is 236 Å². The lowest BCUT2D eigenvalue weighted by Gasteiger charge is -2.37. The lowest BCUT2D eigenvalue weighted by Crippen LogP contribution is -2.50. The third-order valence-corrected chi connectivity index (χ3v) is 7.59. The number of piperazine rings is 1. The van der Waals surface area contributed by atoms with Gasteiger partial charge >= 0.3 is 12.4 Å². The molecule has 0 radical (unpaired) electrons. The Morgan fingerprint density at radius 3 is 2.15 bits per heavy atom. The molecule has 1 saturated heterocycles. The van der Waals surface area contributed by atoms with Crippen LogP contribution in [0.15, 0.2) is 36.4 Å². The molecule has 1 heterocycles. The maximum absolute atomic E-state index is 13.3. The topological polar surface area (TPSA) is 88.5 Å². The van der Waals surface area contributed by atoms with Gasteiger partial charge in [0.15, 0.2) is 0 Å². The van der Waals surface area contributed by atoms with Gasteiger partial charge in [0.2, 0.25) is 5.91 Å². The molecule has 1 saturated carbocycles. The van der Waals surface area contributed by atoms with Crippen LogP contribution in [0.1, 0.15) is 36.8 Å². The van der Waals surface area contributed by atoms with Crippen molar-refractivity contribution >= 4 is 34.6 Å². The second-order valence-electron chi connectivity index (χ2n) is 9.98. The number of nitrogens with zero attached hydrogens (tertiary/aromatic N) is 3. The van der Waals surface area contributed by atoms with Crippen LogP contribution in [0.4, 0.5) is 43.4 Å². The molecule has 1 aliphatic carbocycles. The molecule has 1 aliphatic heterocycles. The smallest absolute Gasteiger partial charge is 0.382 e. The van der Waals surface area contributed by atoms with Crippen LogP contribution in [-0.2, 0) is 21.9 Å². The van der Waals surface area contributed by atoms with E-state index in [2.05, 4.69) is 5.32 Å². The van der Waals surface area contributed by atoms with Gasteiger partial charge in [0.1, 0.15) is 12.3 Å². The molecule has 226 valence electrons. The van der Waals surface area contributed by atoms with Gasteiger partial charge in [-0.3, -0.25) is 15.2 Å². The fourth-order valence-corrected chi connectivity index (χ4v) is 5.28. The van der Waals surface area contributed by atoms with Crippen LogP contribution in [0.5, 0.6) is 0 Å². The van der Waals surface area contributed by atoms with Gasteiger partial charge in [-0.05, 0) is 62.1 Å². The van der Waals surface area contributed by atoms with E-state index in [0.717, 1.165) is 18.2 Å². The van der Waals surface area contributed by atoms with Crippen molar-refractivity contribution in [3.8, 4) is 0 Å². The number of hydrogen-bond acceptors (Lipinski definition) is 7. The molecule has 0 atom stereocenters. The van der Waals surface area contributed by atoms with Crippen molar-refractivity contribution in [3.05, 3.63) is 52.5 Å². The predicted molar refractivity (Wildman–Crippen MR) is 138 cm³/mol. The van der Waals surface area contributed by atoms with Crippen molar-refractivity contribution in [1.82, 2.24) is 4.90 Å². The summed E-state index contributed by atoms with van der Waals surface area (Å²) >= 11 is 5.70. The van der Waals surface area contributed by atoms with E-state index in [1.54, 1.807) is 9.80 Å². The quantitative estimate of drug-likeness (QED) is 0.260. The number of nitrogens with one attached hydrogen (secondary N) is 1. The van der Waals surface area contributed by atoms with Crippen LogP contribution in [0.3, 0.4) is 0 Å². The Hall–Kier alpha value is -2.94. The number of carbonyl (C=O) groups excluding carboxylic acids is 1. The number of carbonyl (C=O) groups is 1. The highest BCUT2D eigenvalue weighted by Gasteiger charge is 2.36. The van der Waals surface area contributed by atoms with Crippen LogP contribution < -0.4 is 15.4 Å². The molecule has 15 heteroatoms. The molecule has 1 amide bonds. The van der Waals surface area contributed by atoms with Gasteiger partial charge in [-0.1, -0.05) is 11.6 Å². The van der Waals surface area contributed by atoms with Crippen molar-refractivity contribution in [1.29, 1.82) is 0 Å². The van der Waals surface area contributed by atoms with Crippen molar-refractivity contribution in [2.24, 2.45) is 0 Å². The van der Waals surface area contributed by atoms with Crippen molar-refractivity contribution in [2.45, 2.75) is 50.2 Å². The number of hydrogen-bond donors (Lipinski definition) is 3. The summed E-state index contributed by atoms with van der Waals surface area (Å²) in [4.78, 5) is 16.0. The second kappa shape index (κ2) is 12.5. The van der Waals surface area contributed by atoms with Gasteiger partial charge in [-0.2, -0.15) is 26.3 Å². The summed E-state index contributed by atoms with van der Waals surface area (Å²) < 4.78 is 85.2. The van der Waals surface area contributed by atoms with Gasteiger partial charge in [0.25, 0.3) is 0 Å². The van der Waals surface area contributed by atoms with E-state index in [1.165, 1.54) is 18.2 Å². The lowest BCUT2D eigenvalue weighted by molar-refractivity contribution is -0.139. The van der Waals surface area contributed by atoms with E-state index in [4.69, 9.17) is 26.8 Å². The molecule has 8 nitrogen and oxygen atoms in total. The van der Waals surface area contributed by atoms with Crippen molar-refractivity contribution < 1.29 is 46.3 Å². The van der Waals surface area contributed by atoms with Crippen LogP contribution in [0, 0.1) is 0 Å². The first kappa shape index (κ1) is 31.0. The number of alkyl halides is 6. The molecule has 0 unspecified atom stereocenters. The number of rotatable bonds is 7. The highest BCUT2D eigenvalue weighted by atomic mass is 35.5. The number of halogens is 7. The van der Waals surface area contributed by atoms with E-state index in [-0.39, 0.29) is 35.4 Å². The first-order chi connectivity index (χ1) is 19.2. The van der Waals surface area contributed by atoms with Crippen molar-refractivity contribution in [2.75, 3.05) is 48.2 Å². The average Bonchev–Trinajstić information content (AvgIpc) is 2.91. The first-order valence-electron chi connectivity index (χ1n) is 12.9. The fourth-order valence-electron chi connectivity index (χ4n) is 5.06. The maximum Gasteiger partial charge on any atom is 0.418 e. The van der Waals surface area contributed by atoms with Gasteiger partial charge in [0, 0.05) is 43.6 Å². The zero-order chi connectivity index (χ0) is 29.9. The highest BCUT2D eigenvalue weighted by Crippen LogP contribution is 2.39. The van der Waals surface area contributed by atoms with Gasteiger partial charge in [-0.25, -0.2) is 0 Å². The van der Waals surface area contributed by atoms with E-state index in [9.17, 15) is 31.1 Å². The standard InChI is InChI=1S/C26H29ClF6N4O4/c27-22-7-4-18(14-20(22)25(28,29)30)35-9-11-36(12-10-35)24(38)15-41-19-5-1-16(2-6-19)34-17-3-8-23(37(39)40)21(13-17)26(31,32)33/h3-4,7-8,13-14,16,19,34,39-40H,1-2,5-6,9-12,15H2. The van der Waals surface area contributed by atoms with Crippen LogP contribution in [0.25, 0.3) is 0 Å². The van der Waals surface area contributed by atoms with E-state index < -0.39 is 34.4 Å². The summed E-state index contributed by atoms with van der Waals surface area (Å²) in [7, 11) is 0. The zero-order valence-electron chi connectivity index (χ0n) is 21.7. The Morgan fingerprint density at radius 2 is 1.56 bits per heavy atom. The predicted octanol–water partition coefficient (Wildman–Crippen LogP) is 6.05. The second-order valence-corrected chi connectivity index (χ2v) is 10.4. The molecule has 2 aliphatic rings. The normalized spacial score (nSPS) is 20.2. The maximum atomic E-state index is 13.3. The lowest BCUT2D eigenvalue weighted by atomic mass is 9.92. The third kappa shape index (κ3) is 7.87. The monoisotopic (exact) mass is 610 g/mol. The number of benzene rings is 2. The van der Waals surface area contributed by atoms with Crippen LogP contribution in [0.2, 0.25) is 5.02 Å². The van der Waals surface area contributed by atoms with Gasteiger partial charge < -0.3 is 19.9 Å². The van der Waals surface area contributed by atoms with Crippen molar-refractivity contribution in [3.63, 3.8) is 0 Å². The summed E-state index contributed by atoms with van der Waals surface area (Å²) in [6.45, 7) is 1.22. The summed E-state index contributed by atoms with van der Waals surface area (Å²) in [6.07, 6.45) is -7.19. The highest BCUT2D eigenvalue weighted by molar-refractivity contribution is 6.31. The molecule has 2 aromatic rings. The Bertz CT molecular complexity index is 1210. The van der Waals surface area contributed by atoms with Gasteiger partial charge in [-0.15, -0.1) is 5.23 Å². The zero-order valence-corrected chi connectivity index (χ0v) is 22.4. The molecule has 0 aromatic heterocycles. The SMILES string of the molecule is O=C(COC1CCC(Nc2ccc(N(O)O)c(C(F)(F)F)c2)CC1)N1CCN(c2ccc(Cl)c(C(F)(F)F)c2)CC1. The van der Waals surface area contributed by atoms with E-state index in [0.29, 0.717) is 57.5 Å². The minimum Gasteiger partial charge on any atom is -0.382 e. The molecule has 0 bridgehead atoms. The summed E-state index contributed by atoms with van der Waals surface area (Å²) in [6, 6.07) is 6.72. The number of anilines is 3. The molecular formula is C26H29ClF6N4O4. The molecule has 41 heavy (non-hydrogen) atoms. The molecule has 2 aromatic carbocycles. The molecule has 0 spiro atoms. The summed E-state index contributed by atoms with van der Waals surface area (Å²) in [5.74, 6) is -0.224. The Kier molecular flexibility index (Phi) is 9.46. The average molecular weight is 611 g/mol. The minimum absolute atomic E-state index is 0.129. The molecule has 2 fully saturated rings. The summed E-state index contributed by atoms with van der Waals surface area (Å²) in [5, 5.41) is 20.2. The summed E-state index contributed by atoms with van der Waals surface area (Å²) in [5.41, 5.74) is -2.31. The number of ether oxygens (including phenoxy) is 1. The third-order valence-electron chi connectivity index (χ3n) is 7.26. The minimum atomic E-state index is -4.78. The molecule has 4 rings (SSSR count). The molecule has 3 N–H and O–H groups in total. The van der Waals surface area contributed by atoms with Gasteiger partial charge in [0.05, 0.1) is 22.3 Å². The first-order valence-corrected chi connectivity index (χ1v) is 13.3. The van der Waals surface area contributed by atoms with E-state index >= 15 is 0 Å². The van der Waals surface area contributed by atoms with E-state index in [1.807, 2.05) is 0 Å². The molecular weight excluding hydrogens is 582 g/mol.